The van der Waals surface area contributed by atoms with E-state index in [1.807, 2.05) is 48.5 Å². The van der Waals surface area contributed by atoms with Crippen molar-refractivity contribution in [3.8, 4) is 0 Å². The molecule has 0 spiro atoms. The van der Waals surface area contributed by atoms with E-state index in [4.69, 9.17) is 5.73 Å². The molecule has 0 fully saturated rings. The molecule has 0 unspecified atom stereocenters. The Bertz CT molecular complexity index is 848. The van der Waals surface area contributed by atoms with Crippen LogP contribution in [0.4, 0.5) is 0 Å². The Morgan fingerprint density at radius 3 is 2.00 bits per heavy atom. The van der Waals surface area contributed by atoms with E-state index < -0.39 is 11.9 Å². The van der Waals surface area contributed by atoms with Gasteiger partial charge < -0.3 is 11.1 Å². The second-order valence-corrected chi connectivity index (χ2v) is 5.66. The van der Waals surface area contributed by atoms with Gasteiger partial charge in [0.05, 0.1) is 0 Å². The first-order chi connectivity index (χ1) is 11.1. The van der Waals surface area contributed by atoms with Gasteiger partial charge in [-0.15, -0.1) is 0 Å². The number of nitrogens with two attached hydrogens (primary N) is 1. The molecular formula is C19H18N2O2. The molecule has 0 aromatic heterocycles. The van der Waals surface area contributed by atoms with Gasteiger partial charge >= 0.3 is 0 Å². The summed E-state index contributed by atoms with van der Waals surface area (Å²) in [6.45, 7) is 1.39. The zero-order valence-corrected chi connectivity index (χ0v) is 12.9. The molecular weight excluding hydrogens is 288 g/mol. The Hall–Kier alpha value is -2.88. The van der Waals surface area contributed by atoms with E-state index in [1.165, 1.54) is 6.92 Å². The van der Waals surface area contributed by atoms with E-state index in [1.54, 1.807) is 0 Å². The lowest BCUT2D eigenvalue weighted by Gasteiger charge is -2.18. The number of amides is 2. The first-order valence-electron chi connectivity index (χ1n) is 7.52. The van der Waals surface area contributed by atoms with E-state index in [9.17, 15) is 9.59 Å². The average molecular weight is 306 g/mol. The van der Waals surface area contributed by atoms with E-state index in [2.05, 4.69) is 11.4 Å². The molecule has 4 heteroatoms. The second kappa shape index (κ2) is 6.08. The van der Waals surface area contributed by atoms with Gasteiger partial charge in [-0.1, -0.05) is 48.5 Å². The highest BCUT2D eigenvalue weighted by atomic mass is 16.2. The number of fused-ring (bicyclic) bond motifs is 2. The number of benzene rings is 3. The molecule has 0 bridgehead atoms. The fourth-order valence-corrected chi connectivity index (χ4v) is 3.00. The summed E-state index contributed by atoms with van der Waals surface area (Å²) in [5.41, 5.74) is 6.49. The molecule has 3 rings (SSSR count). The molecule has 4 nitrogen and oxygen atoms in total. The molecule has 116 valence electrons. The highest BCUT2D eigenvalue weighted by Gasteiger charge is 2.19. The van der Waals surface area contributed by atoms with E-state index in [-0.39, 0.29) is 5.91 Å². The Morgan fingerprint density at radius 1 is 1.00 bits per heavy atom. The SMILES string of the molecule is CC(=O)N[C@H](Cc1c2ccccc2cc2ccccc12)C(N)=O. The summed E-state index contributed by atoms with van der Waals surface area (Å²) in [6.07, 6.45) is 0.372. The van der Waals surface area contributed by atoms with Gasteiger partial charge in [-0.3, -0.25) is 9.59 Å². The van der Waals surface area contributed by atoms with Gasteiger partial charge in [0, 0.05) is 13.3 Å². The van der Waals surface area contributed by atoms with Crippen LogP contribution in [0.25, 0.3) is 21.5 Å². The van der Waals surface area contributed by atoms with E-state index in [0.717, 1.165) is 27.1 Å². The Balaban J connectivity index is 2.19. The molecule has 3 aromatic carbocycles. The zero-order chi connectivity index (χ0) is 16.4. The molecule has 0 radical (unpaired) electrons. The number of primary amides is 1. The van der Waals surface area contributed by atoms with Crippen LogP contribution in [0.3, 0.4) is 0 Å². The fraction of sp³-hybridized carbons (Fsp3) is 0.158. The number of carbonyl (C=O) groups is 2. The Labute approximate surface area is 134 Å². The number of carbonyl (C=O) groups excluding carboxylic acids is 2. The van der Waals surface area contributed by atoms with Crippen LogP contribution < -0.4 is 11.1 Å². The van der Waals surface area contributed by atoms with Crippen LogP contribution in [-0.4, -0.2) is 17.9 Å². The normalized spacial score (nSPS) is 12.2. The standard InChI is InChI=1S/C19H18N2O2/c1-12(22)21-18(19(20)23)11-17-15-8-4-2-6-13(15)10-14-7-3-5-9-16(14)17/h2-10,18H,11H2,1H3,(H2,20,23)(H,21,22)/t18-/m1/s1. The maximum atomic E-state index is 11.7. The molecule has 23 heavy (non-hydrogen) atoms. The molecule has 0 aliphatic rings. The summed E-state index contributed by atoms with van der Waals surface area (Å²) in [5.74, 6) is -0.796. The van der Waals surface area contributed by atoms with Gasteiger partial charge in [0.2, 0.25) is 11.8 Å². The Morgan fingerprint density at radius 2 is 1.52 bits per heavy atom. The van der Waals surface area contributed by atoms with Crippen molar-refractivity contribution in [1.29, 1.82) is 0 Å². The highest BCUT2D eigenvalue weighted by molar-refractivity contribution is 6.02. The van der Waals surface area contributed by atoms with E-state index in [0.29, 0.717) is 6.42 Å². The van der Waals surface area contributed by atoms with Crippen molar-refractivity contribution in [1.82, 2.24) is 5.32 Å². The lowest BCUT2D eigenvalue weighted by Crippen LogP contribution is -2.45. The van der Waals surface area contributed by atoms with Crippen LogP contribution in [0.5, 0.6) is 0 Å². The van der Waals surface area contributed by atoms with Gasteiger partial charge in [0.15, 0.2) is 0 Å². The minimum Gasteiger partial charge on any atom is -0.368 e. The third-order valence-electron chi connectivity index (χ3n) is 4.01. The van der Waals surface area contributed by atoms with Crippen molar-refractivity contribution in [2.75, 3.05) is 0 Å². The number of hydrogen-bond acceptors (Lipinski definition) is 2. The molecule has 3 aromatic rings. The van der Waals surface area contributed by atoms with Crippen LogP contribution in [0.1, 0.15) is 12.5 Å². The van der Waals surface area contributed by atoms with Crippen molar-refractivity contribution >= 4 is 33.4 Å². The smallest absolute Gasteiger partial charge is 0.240 e. The number of nitrogens with one attached hydrogen (secondary N) is 1. The quantitative estimate of drug-likeness (QED) is 0.727. The van der Waals surface area contributed by atoms with Crippen molar-refractivity contribution in [2.24, 2.45) is 5.73 Å². The lowest BCUT2D eigenvalue weighted by atomic mass is 9.92. The average Bonchev–Trinajstić information content (AvgIpc) is 2.53. The zero-order valence-electron chi connectivity index (χ0n) is 12.9. The summed E-state index contributed by atoms with van der Waals surface area (Å²) >= 11 is 0. The van der Waals surface area contributed by atoms with Gasteiger partial charge in [-0.2, -0.15) is 0 Å². The highest BCUT2D eigenvalue weighted by Crippen LogP contribution is 2.29. The van der Waals surface area contributed by atoms with Gasteiger partial charge in [0.1, 0.15) is 6.04 Å². The van der Waals surface area contributed by atoms with Crippen LogP contribution in [-0.2, 0) is 16.0 Å². The van der Waals surface area contributed by atoms with Crippen LogP contribution in [0.15, 0.2) is 54.6 Å². The Kier molecular flexibility index (Phi) is 3.98. The van der Waals surface area contributed by atoms with Crippen LogP contribution in [0.2, 0.25) is 0 Å². The predicted molar refractivity (Wildman–Crippen MR) is 92.0 cm³/mol. The summed E-state index contributed by atoms with van der Waals surface area (Å²) in [5, 5.41) is 7.00. The fourth-order valence-electron chi connectivity index (χ4n) is 3.00. The van der Waals surface area contributed by atoms with Crippen LogP contribution in [0, 0.1) is 0 Å². The summed E-state index contributed by atoms with van der Waals surface area (Å²) in [4.78, 5) is 23.1. The number of hydrogen-bond donors (Lipinski definition) is 2. The molecule has 0 aliphatic heterocycles. The topological polar surface area (TPSA) is 72.2 Å². The summed E-state index contributed by atoms with van der Waals surface area (Å²) < 4.78 is 0. The largest absolute Gasteiger partial charge is 0.368 e. The minimum absolute atomic E-state index is 0.265. The van der Waals surface area contributed by atoms with Gasteiger partial charge in [-0.25, -0.2) is 0 Å². The predicted octanol–water partition coefficient (Wildman–Crippen LogP) is 2.53. The minimum atomic E-state index is -0.721. The summed E-state index contributed by atoms with van der Waals surface area (Å²) in [7, 11) is 0. The first kappa shape index (κ1) is 15.0. The molecule has 0 heterocycles. The third-order valence-corrected chi connectivity index (χ3v) is 4.01. The number of rotatable bonds is 4. The van der Waals surface area contributed by atoms with Crippen molar-refractivity contribution in [3.05, 3.63) is 60.2 Å². The van der Waals surface area contributed by atoms with Crippen molar-refractivity contribution < 1.29 is 9.59 Å². The maximum Gasteiger partial charge on any atom is 0.240 e. The summed E-state index contributed by atoms with van der Waals surface area (Å²) in [6, 6.07) is 17.5. The van der Waals surface area contributed by atoms with Crippen molar-refractivity contribution in [3.63, 3.8) is 0 Å². The molecule has 0 saturated heterocycles. The van der Waals surface area contributed by atoms with Gasteiger partial charge in [-0.05, 0) is 33.2 Å². The monoisotopic (exact) mass is 306 g/mol. The van der Waals surface area contributed by atoms with Gasteiger partial charge in [0.25, 0.3) is 0 Å². The van der Waals surface area contributed by atoms with Crippen LogP contribution >= 0.6 is 0 Å². The molecule has 0 aliphatic carbocycles. The molecule has 2 amide bonds. The molecule has 3 N–H and O–H groups in total. The first-order valence-corrected chi connectivity index (χ1v) is 7.52. The molecule has 0 saturated carbocycles. The van der Waals surface area contributed by atoms with E-state index >= 15 is 0 Å². The third kappa shape index (κ3) is 3.01. The van der Waals surface area contributed by atoms with Crippen molar-refractivity contribution in [2.45, 2.75) is 19.4 Å². The molecule has 1 atom stereocenters. The maximum absolute atomic E-state index is 11.7. The lowest BCUT2D eigenvalue weighted by molar-refractivity contribution is -0.126. The second-order valence-electron chi connectivity index (χ2n) is 5.66.